The van der Waals surface area contributed by atoms with Gasteiger partial charge in [0, 0.05) is 18.6 Å². The number of alkyl carbamates (subject to hydrolysis) is 1. The van der Waals surface area contributed by atoms with Gasteiger partial charge in [0.05, 0.1) is 20.4 Å². The van der Waals surface area contributed by atoms with Crippen LogP contribution in [0.15, 0.2) is 21.9 Å². The molecule has 29 heavy (non-hydrogen) atoms. The molecule has 1 amide bonds. The summed E-state index contributed by atoms with van der Waals surface area (Å²) in [5.74, 6) is -0.424. The van der Waals surface area contributed by atoms with Gasteiger partial charge in [0.15, 0.2) is 0 Å². The van der Waals surface area contributed by atoms with Crippen molar-refractivity contribution in [2.75, 3.05) is 12.8 Å². The lowest BCUT2D eigenvalue weighted by Gasteiger charge is -2.35. The van der Waals surface area contributed by atoms with Crippen molar-refractivity contribution in [3.63, 3.8) is 0 Å². The van der Waals surface area contributed by atoms with E-state index >= 15 is 0 Å². The van der Waals surface area contributed by atoms with Crippen LogP contribution in [0.5, 0.6) is 0 Å². The maximum Gasteiger partial charge on any atom is 0.414 e. The fraction of sp³-hybridized carbons (Fsp3) is 0.471. The number of nitrogens with zero attached hydrogens (tertiary/aromatic N) is 3. The molecule has 1 aliphatic heterocycles. The van der Waals surface area contributed by atoms with Gasteiger partial charge in [0.2, 0.25) is 16.0 Å². The summed E-state index contributed by atoms with van der Waals surface area (Å²) in [7, 11) is -2.44. The van der Waals surface area contributed by atoms with E-state index in [9.17, 15) is 13.2 Å². The molecule has 0 saturated carbocycles. The van der Waals surface area contributed by atoms with Crippen LogP contribution in [0.2, 0.25) is 5.02 Å². The number of aliphatic imine (C=N–C) groups is 1. The number of sulfonamides is 1. The Morgan fingerprint density at radius 3 is 2.69 bits per heavy atom. The van der Waals surface area contributed by atoms with Gasteiger partial charge in [-0.3, -0.25) is 5.32 Å². The summed E-state index contributed by atoms with van der Waals surface area (Å²) >= 11 is 11.3. The smallest absolute Gasteiger partial charge is 0.414 e. The highest BCUT2D eigenvalue weighted by atomic mass is 79.9. The molecule has 2 aromatic rings. The van der Waals surface area contributed by atoms with Gasteiger partial charge in [-0.25, -0.2) is 27.5 Å². The number of pyridine rings is 1. The molecular formula is C17H20BrClN4O4S2. The molecule has 0 radical (unpaired) electrons. The second-order valence-electron chi connectivity index (χ2n) is 7.78. The van der Waals surface area contributed by atoms with Crippen molar-refractivity contribution in [1.82, 2.24) is 14.6 Å². The summed E-state index contributed by atoms with van der Waals surface area (Å²) in [6.07, 6.45) is 0.818. The summed E-state index contributed by atoms with van der Waals surface area (Å²) < 4.78 is 33.2. The number of nitrogens with one attached hydrogen (secondary N) is 1. The standard InChI is InChI=1S/C17H20BrClN4O4S2/c1-16(2,3)27-15(24)21-14-22-17(4,8-29(25,26)23(14)5)12-10(19)9-6-7-20-13(18)11(9)28-12/h6-7H,8H2,1-5H3,(H,21,22,24). The molecule has 158 valence electrons. The minimum atomic E-state index is -3.77. The van der Waals surface area contributed by atoms with Crippen molar-refractivity contribution < 1.29 is 17.9 Å². The van der Waals surface area contributed by atoms with Crippen molar-refractivity contribution in [2.24, 2.45) is 4.99 Å². The van der Waals surface area contributed by atoms with E-state index in [1.54, 1.807) is 40.0 Å². The van der Waals surface area contributed by atoms with E-state index in [2.05, 4.69) is 31.2 Å². The van der Waals surface area contributed by atoms with Crippen LogP contribution in [-0.4, -0.2) is 48.2 Å². The van der Waals surface area contributed by atoms with Crippen LogP contribution in [0.1, 0.15) is 32.6 Å². The number of aromatic nitrogens is 1. The average Bonchev–Trinajstić information content (AvgIpc) is 2.89. The fourth-order valence-electron chi connectivity index (χ4n) is 2.85. The maximum atomic E-state index is 12.8. The molecule has 0 spiro atoms. The quantitative estimate of drug-likeness (QED) is 0.568. The molecule has 0 aromatic carbocycles. The Hall–Kier alpha value is -1.43. The van der Waals surface area contributed by atoms with Crippen LogP contribution in [0, 0.1) is 0 Å². The Morgan fingerprint density at radius 2 is 2.10 bits per heavy atom. The largest absolute Gasteiger partial charge is 0.444 e. The van der Waals surface area contributed by atoms with Crippen LogP contribution in [0.4, 0.5) is 4.79 Å². The summed E-state index contributed by atoms with van der Waals surface area (Å²) in [6, 6.07) is 1.76. The zero-order chi connectivity index (χ0) is 21.8. The van der Waals surface area contributed by atoms with Gasteiger partial charge in [0.25, 0.3) is 0 Å². The molecule has 1 N–H and O–H groups in total. The van der Waals surface area contributed by atoms with Crippen molar-refractivity contribution in [3.8, 4) is 0 Å². The van der Waals surface area contributed by atoms with E-state index in [0.717, 1.165) is 14.4 Å². The Balaban J connectivity index is 2.10. The fourth-order valence-corrected chi connectivity index (χ4v) is 6.67. The first kappa shape index (κ1) is 22.3. The molecule has 3 heterocycles. The number of ether oxygens (including phenoxy) is 1. The number of amides is 1. The average molecular weight is 524 g/mol. The lowest BCUT2D eigenvalue weighted by atomic mass is 10.0. The minimum absolute atomic E-state index is 0.126. The number of hydrogen-bond acceptors (Lipinski definition) is 7. The Bertz CT molecular complexity index is 1130. The number of carbonyl (C=O) groups excluding carboxylic acids is 1. The highest BCUT2D eigenvalue weighted by Gasteiger charge is 2.44. The number of hydrogen-bond donors (Lipinski definition) is 1. The molecule has 1 atom stereocenters. The lowest BCUT2D eigenvalue weighted by Crippen LogP contribution is -2.53. The molecule has 3 rings (SSSR count). The number of carbonyl (C=O) groups is 1. The molecule has 1 aliphatic rings. The van der Waals surface area contributed by atoms with Crippen molar-refractivity contribution >= 4 is 71.0 Å². The lowest BCUT2D eigenvalue weighted by molar-refractivity contribution is 0.0559. The second-order valence-corrected chi connectivity index (χ2v) is 11.9. The second kappa shape index (κ2) is 7.36. The number of fused-ring (bicyclic) bond motifs is 1. The van der Waals surface area contributed by atoms with Gasteiger partial charge in [-0.15, -0.1) is 11.3 Å². The SMILES string of the molecule is CN1C(NC(=O)OC(C)(C)C)=NC(C)(c2sc3c(Br)nccc3c2Cl)CS1(=O)=O. The van der Waals surface area contributed by atoms with Crippen molar-refractivity contribution in [3.05, 3.63) is 26.8 Å². The number of guanidine groups is 1. The molecule has 8 nitrogen and oxygen atoms in total. The van der Waals surface area contributed by atoms with Crippen LogP contribution < -0.4 is 5.32 Å². The summed E-state index contributed by atoms with van der Waals surface area (Å²) in [4.78, 5) is 21.5. The van der Waals surface area contributed by atoms with Gasteiger partial charge in [-0.2, -0.15) is 0 Å². The predicted octanol–water partition coefficient (Wildman–Crippen LogP) is 4.08. The molecule has 0 fully saturated rings. The molecule has 0 saturated heterocycles. The van der Waals surface area contributed by atoms with Crippen LogP contribution in [0.25, 0.3) is 10.1 Å². The third-order valence-electron chi connectivity index (χ3n) is 4.13. The first-order chi connectivity index (χ1) is 13.2. The van der Waals surface area contributed by atoms with Crippen LogP contribution in [0.3, 0.4) is 0 Å². The van der Waals surface area contributed by atoms with E-state index in [-0.39, 0.29) is 11.7 Å². The van der Waals surface area contributed by atoms with Crippen LogP contribution >= 0.6 is 38.9 Å². The summed E-state index contributed by atoms with van der Waals surface area (Å²) in [5, 5.41) is 3.61. The third kappa shape index (κ3) is 4.37. The van der Waals surface area contributed by atoms with Gasteiger partial charge in [0.1, 0.15) is 15.7 Å². The van der Waals surface area contributed by atoms with E-state index in [0.29, 0.717) is 14.5 Å². The Morgan fingerprint density at radius 1 is 1.45 bits per heavy atom. The molecule has 0 aliphatic carbocycles. The van der Waals surface area contributed by atoms with E-state index in [1.165, 1.54) is 18.4 Å². The Labute approximate surface area is 186 Å². The van der Waals surface area contributed by atoms with Gasteiger partial charge < -0.3 is 4.74 Å². The number of thiophene rings is 1. The molecule has 0 bridgehead atoms. The summed E-state index contributed by atoms with van der Waals surface area (Å²) in [6.45, 7) is 6.81. The molecule has 1 unspecified atom stereocenters. The zero-order valence-electron chi connectivity index (χ0n) is 16.4. The normalized spacial score (nSPS) is 21.8. The maximum absolute atomic E-state index is 12.8. The van der Waals surface area contributed by atoms with Gasteiger partial charge in [-0.1, -0.05) is 11.6 Å². The number of halogens is 2. The predicted molar refractivity (Wildman–Crippen MR) is 118 cm³/mol. The van der Waals surface area contributed by atoms with E-state index in [4.69, 9.17) is 16.3 Å². The first-order valence-electron chi connectivity index (χ1n) is 8.53. The third-order valence-corrected chi connectivity index (χ3v) is 8.90. The minimum Gasteiger partial charge on any atom is -0.444 e. The Kier molecular flexibility index (Phi) is 5.65. The van der Waals surface area contributed by atoms with E-state index in [1.807, 2.05) is 0 Å². The van der Waals surface area contributed by atoms with Crippen molar-refractivity contribution in [2.45, 2.75) is 38.8 Å². The molecular weight excluding hydrogens is 504 g/mol. The van der Waals surface area contributed by atoms with E-state index < -0.39 is 27.3 Å². The summed E-state index contributed by atoms with van der Waals surface area (Å²) in [5.41, 5.74) is -1.94. The first-order valence-corrected chi connectivity index (χ1v) is 12.1. The van der Waals surface area contributed by atoms with Crippen LogP contribution in [-0.2, 0) is 20.3 Å². The van der Waals surface area contributed by atoms with Gasteiger partial charge >= 0.3 is 6.09 Å². The zero-order valence-corrected chi connectivity index (χ0v) is 20.4. The topological polar surface area (TPSA) is 101 Å². The van der Waals surface area contributed by atoms with Crippen molar-refractivity contribution in [1.29, 1.82) is 0 Å². The van der Waals surface area contributed by atoms with Gasteiger partial charge in [-0.05, 0) is 49.7 Å². The number of rotatable bonds is 1. The molecule has 12 heteroatoms. The highest BCUT2D eigenvalue weighted by Crippen LogP contribution is 2.46. The highest BCUT2D eigenvalue weighted by molar-refractivity contribution is 9.10. The molecule has 2 aromatic heterocycles. The monoisotopic (exact) mass is 522 g/mol.